The molecule has 0 aromatic carbocycles. The van der Waals surface area contributed by atoms with E-state index in [1.165, 1.54) is 4.88 Å². The van der Waals surface area contributed by atoms with E-state index in [9.17, 15) is 0 Å². The van der Waals surface area contributed by atoms with Crippen LogP contribution < -0.4 is 0 Å². The van der Waals surface area contributed by atoms with Gasteiger partial charge in [-0.3, -0.25) is 9.88 Å². The van der Waals surface area contributed by atoms with E-state index in [0.717, 1.165) is 19.6 Å². The predicted octanol–water partition coefficient (Wildman–Crippen LogP) is 1.38. The minimum atomic E-state index is 0.196. The summed E-state index contributed by atoms with van der Waals surface area (Å²) in [5.74, 6) is 0. The van der Waals surface area contributed by atoms with Gasteiger partial charge in [-0.05, 0) is 6.92 Å². The van der Waals surface area contributed by atoms with Crippen molar-refractivity contribution in [3.63, 3.8) is 0 Å². The minimum absolute atomic E-state index is 0.196. The molecule has 16 heavy (non-hydrogen) atoms. The number of methoxy groups -OCH3 is 1. The summed E-state index contributed by atoms with van der Waals surface area (Å²) in [7, 11) is 1.72. The summed E-state index contributed by atoms with van der Waals surface area (Å²) in [6, 6.07) is 0. The Kier molecular flexibility index (Phi) is 4.29. The van der Waals surface area contributed by atoms with E-state index in [2.05, 4.69) is 16.8 Å². The molecule has 0 saturated carbocycles. The van der Waals surface area contributed by atoms with Gasteiger partial charge in [0.1, 0.15) is 0 Å². The number of aromatic nitrogens is 1. The maximum Gasteiger partial charge on any atom is 0.0939 e. The molecule has 0 aliphatic carbocycles. The number of hydrogen-bond acceptors (Lipinski definition) is 5. The zero-order valence-electron chi connectivity index (χ0n) is 9.76. The Morgan fingerprint density at radius 3 is 3.19 bits per heavy atom. The second kappa shape index (κ2) is 5.72. The number of hydrogen-bond donors (Lipinski definition) is 0. The molecule has 1 aromatic heterocycles. The van der Waals surface area contributed by atoms with Gasteiger partial charge in [0.25, 0.3) is 0 Å². The van der Waals surface area contributed by atoms with Crippen LogP contribution in [0.2, 0.25) is 0 Å². The maximum atomic E-state index is 5.80. The first-order valence-corrected chi connectivity index (χ1v) is 6.40. The van der Waals surface area contributed by atoms with Crippen molar-refractivity contribution in [1.29, 1.82) is 0 Å². The summed E-state index contributed by atoms with van der Waals surface area (Å²) < 4.78 is 10.9. The molecular formula is C11H18N2O2S. The zero-order chi connectivity index (χ0) is 11.4. The van der Waals surface area contributed by atoms with Gasteiger partial charge < -0.3 is 9.47 Å². The van der Waals surface area contributed by atoms with Crippen molar-refractivity contribution in [2.45, 2.75) is 25.7 Å². The Bertz CT molecular complexity index is 305. The predicted molar refractivity (Wildman–Crippen MR) is 63.6 cm³/mol. The molecule has 0 radical (unpaired) electrons. The van der Waals surface area contributed by atoms with Gasteiger partial charge >= 0.3 is 0 Å². The summed E-state index contributed by atoms with van der Waals surface area (Å²) in [6.07, 6.45) is 2.42. The van der Waals surface area contributed by atoms with Gasteiger partial charge in [-0.1, -0.05) is 0 Å². The highest BCUT2D eigenvalue weighted by Crippen LogP contribution is 2.16. The lowest BCUT2D eigenvalue weighted by Crippen LogP contribution is -2.47. The molecule has 0 bridgehead atoms. The average molecular weight is 242 g/mol. The van der Waals surface area contributed by atoms with E-state index in [1.807, 2.05) is 11.7 Å². The first-order valence-electron chi connectivity index (χ1n) is 5.52. The van der Waals surface area contributed by atoms with Gasteiger partial charge in [0, 0.05) is 37.8 Å². The molecule has 1 aromatic rings. The molecule has 90 valence electrons. The van der Waals surface area contributed by atoms with E-state index in [1.54, 1.807) is 18.4 Å². The average Bonchev–Trinajstić information content (AvgIpc) is 2.70. The van der Waals surface area contributed by atoms with Gasteiger partial charge in [-0.25, -0.2) is 0 Å². The van der Waals surface area contributed by atoms with Gasteiger partial charge in [0.15, 0.2) is 0 Å². The molecule has 0 spiro atoms. The topological polar surface area (TPSA) is 34.6 Å². The molecule has 0 amide bonds. The van der Waals surface area contributed by atoms with Crippen LogP contribution in [0.4, 0.5) is 0 Å². The van der Waals surface area contributed by atoms with Crippen LogP contribution in [0.15, 0.2) is 11.7 Å². The van der Waals surface area contributed by atoms with Crippen LogP contribution in [-0.2, 0) is 16.0 Å². The summed E-state index contributed by atoms with van der Waals surface area (Å²) in [6.45, 7) is 5.68. The number of rotatable bonds is 4. The first-order chi connectivity index (χ1) is 7.78. The lowest BCUT2D eigenvalue weighted by Gasteiger charge is -2.36. The number of nitrogens with zero attached hydrogens (tertiary/aromatic N) is 2. The highest BCUT2D eigenvalue weighted by Gasteiger charge is 2.25. The Labute approximate surface area is 100 Å². The van der Waals surface area contributed by atoms with Crippen LogP contribution in [0.5, 0.6) is 0 Å². The molecule has 1 aliphatic heterocycles. The Balaban J connectivity index is 1.89. The molecule has 5 heteroatoms. The SMILES string of the molecule is COC[C@H]1CN(Cc2cncs2)C[C@@H](C)O1. The summed E-state index contributed by atoms with van der Waals surface area (Å²) >= 11 is 1.71. The van der Waals surface area contributed by atoms with Crippen molar-refractivity contribution in [3.05, 3.63) is 16.6 Å². The molecule has 1 saturated heterocycles. The van der Waals surface area contributed by atoms with Gasteiger partial charge in [-0.15, -0.1) is 11.3 Å². The van der Waals surface area contributed by atoms with E-state index in [4.69, 9.17) is 9.47 Å². The lowest BCUT2D eigenvalue weighted by atomic mass is 10.2. The van der Waals surface area contributed by atoms with E-state index < -0.39 is 0 Å². The van der Waals surface area contributed by atoms with E-state index in [-0.39, 0.29) is 12.2 Å². The van der Waals surface area contributed by atoms with Crippen molar-refractivity contribution >= 4 is 11.3 Å². The lowest BCUT2D eigenvalue weighted by molar-refractivity contribution is -0.103. The highest BCUT2D eigenvalue weighted by molar-refractivity contribution is 7.09. The fourth-order valence-corrected chi connectivity index (χ4v) is 2.72. The number of ether oxygens (including phenoxy) is 2. The van der Waals surface area contributed by atoms with Gasteiger partial charge in [0.2, 0.25) is 0 Å². The van der Waals surface area contributed by atoms with Gasteiger partial charge in [0.05, 0.1) is 24.3 Å². The van der Waals surface area contributed by atoms with E-state index >= 15 is 0 Å². The van der Waals surface area contributed by atoms with Crippen molar-refractivity contribution in [1.82, 2.24) is 9.88 Å². The third-order valence-electron chi connectivity index (χ3n) is 2.62. The smallest absolute Gasteiger partial charge is 0.0939 e. The third kappa shape index (κ3) is 3.25. The molecule has 1 fully saturated rings. The summed E-state index contributed by atoms with van der Waals surface area (Å²) in [4.78, 5) is 7.82. The van der Waals surface area contributed by atoms with Crippen molar-refractivity contribution < 1.29 is 9.47 Å². The summed E-state index contributed by atoms with van der Waals surface area (Å²) in [5, 5.41) is 0. The molecule has 1 aliphatic rings. The van der Waals surface area contributed by atoms with Crippen LogP contribution in [0.25, 0.3) is 0 Å². The second-order valence-corrected chi connectivity index (χ2v) is 5.16. The van der Waals surface area contributed by atoms with Crippen LogP contribution in [0, 0.1) is 0 Å². The fourth-order valence-electron chi connectivity index (χ4n) is 2.09. The first kappa shape index (κ1) is 12.0. The van der Waals surface area contributed by atoms with Crippen LogP contribution >= 0.6 is 11.3 Å². The highest BCUT2D eigenvalue weighted by atomic mass is 32.1. The molecular weight excluding hydrogens is 224 g/mol. The molecule has 2 rings (SSSR count). The Morgan fingerprint density at radius 1 is 1.62 bits per heavy atom. The van der Waals surface area contributed by atoms with Crippen LogP contribution in [0.3, 0.4) is 0 Å². The van der Waals surface area contributed by atoms with Crippen molar-refractivity contribution in [3.8, 4) is 0 Å². The largest absolute Gasteiger partial charge is 0.382 e. The number of morpholine rings is 1. The number of thiazole rings is 1. The Morgan fingerprint density at radius 2 is 2.50 bits per heavy atom. The quantitative estimate of drug-likeness (QED) is 0.799. The minimum Gasteiger partial charge on any atom is -0.382 e. The zero-order valence-corrected chi connectivity index (χ0v) is 10.6. The van der Waals surface area contributed by atoms with Crippen LogP contribution in [-0.4, -0.2) is 48.9 Å². The van der Waals surface area contributed by atoms with E-state index in [0.29, 0.717) is 6.61 Å². The maximum absolute atomic E-state index is 5.80. The monoisotopic (exact) mass is 242 g/mol. The fraction of sp³-hybridized carbons (Fsp3) is 0.727. The van der Waals surface area contributed by atoms with Crippen molar-refractivity contribution in [2.75, 3.05) is 26.8 Å². The molecule has 0 unspecified atom stereocenters. The van der Waals surface area contributed by atoms with Crippen LogP contribution in [0.1, 0.15) is 11.8 Å². The van der Waals surface area contributed by atoms with Gasteiger partial charge in [-0.2, -0.15) is 0 Å². The molecule has 2 heterocycles. The normalized spacial score (nSPS) is 27.1. The summed E-state index contributed by atoms with van der Waals surface area (Å²) in [5.41, 5.74) is 1.88. The molecule has 4 nitrogen and oxygen atoms in total. The van der Waals surface area contributed by atoms with Crippen molar-refractivity contribution in [2.24, 2.45) is 0 Å². The molecule has 2 atom stereocenters. The standard InChI is InChI=1S/C11H18N2O2S/c1-9-4-13(5-10(15-9)7-14-2)6-11-3-12-8-16-11/h3,8-10H,4-7H2,1-2H3/t9-,10-/m1/s1. The Hall–Kier alpha value is -0.490. The second-order valence-electron chi connectivity index (χ2n) is 4.19. The third-order valence-corrected chi connectivity index (χ3v) is 3.38. The molecule has 0 N–H and O–H groups in total.